The van der Waals surface area contributed by atoms with Crippen molar-refractivity contribution in [3.63, 3.8) is 0 Å². The number of carbonyl (C=O) groups is 2. The fourth-order valence-corrected chi connectivity index (χ4v) is 2.50. The molecule has 1 heterocycles. The van der Waals surface area contributed by atoms with E-state index < -0.39 is 12.0 Å². The predicted molar refractivity (Wildman–Crippen MR) is 93.7 cm³/mol. The van der Waals surface area contributed by atoms with Crippen LogP contribution in [0, 0.1) is 0 Å². The van der Waals surface area contributed by atoms with Crippen molar-refractivity contribution in [3.8, 4) is 0 Å². The lowest BCUT2D eigenvalue weighted by molar-refractivity contribution is 0.0601. The number of halogens is 1. The molecule has 134 valence electrons. The lowest BCUT2D eigenvalue weighted by Gasteiger charge is -2.15. The van der Waals surface area contributed by atoms with Crippen molar-refractivity contribution in [3.05, 3.63) is 40.9 Å². The molecule has 0 aliphatic carbocycles. The van der Waals surface area contributed by atoms with Crippen molar-refractivity contribution in [1.82, 2.24) is 20.1 Å². The molecule has 0 saturated carbocycles. The summed E-state index contributed by atoms with van der Waals surface area (Å²) in [6, 6.07) is 3.81. The maximum Gasteiger partial charge on any atom is 0.339 e. The second-order valence-corrected chi connectivity index (χ2v) is 5.80. The maximum absolute atomic E-state index is 12.2. The number of rotatable bonds is 6. The first-order valence-corrected chi connectivity index (χ1v) is 8.17. The summed E-state index contributed by atoms with van der Waals surface area (Å²) >= 11 is 5.96. The van der Waals surface area contributed by atoms with Crippen LogP contribution in [0.4, 0.5) is 10.5 Å². The molecule has 2 amide bonds. The third kappa shape index (κ3) is 4.69. The van der Waals surface area contributed by atoms with Gasteiger partial charge in [0, 0.05) is 12.2 Å². The van der Waals surface area contributed by atoms with E-state index in [1.54, 1.807) is 12.4 Å². The van der Waals surface area contributed by atoms with E-state index in [0.717, 1.165) is 13.0 Å². The van der Waals surface area contributed by atoms with Crippen LogP contribution in [0.5, 0.6) is 0 Å². The molecule has 1 atom stereocenters. The Labute approximate surface area is 150 Å². The largest absolute Gasteiger partial charge is 0.465 e. The maximum atomic E-state index is 12.2. The zero-order valence-corrected chi connectivity index (χ0v) is 15.0. The van der Waals surface area contributed by atoms with Crippen molar-refractivity contribution >= 4 is 29.3 Å². The first-order chi connectivity index (χ1) is 12.0. The molecule has 9 heteroatoms. The molecule has 1 aromatic heterocycles. The number of hydrogen-bond acceptors (Lipinski definition) is 5. The van der Waals surface area contributed by atoms with Crippen LogP contribution in [0.15, 0.2) is 24.5 Å². The number of nitrogens with one attached hydrogen (secondary N) is 2. The van der Waals surface area contributed by atoms with E-state index >= 15 is 0 Å². The van der Waals surface area contributed by atoms with Crippen LogP contribution in [-0.4, -0.2) is 33.9 Å². The predicted octanol–water partition coefficient (Wildman–Crippen LogP) is 3.01. The van der Waals surface area contributed by atoms with Crippen LogP contribution in [0.1, 0.15) is 42.5 Å². The van der Waals surface area contributed by atoms with Crippen LogP contribution < -0.4 is 10.6 Å². The van der Waals surface area contributed by atoms with Gasteiger partial charge in [-0.05, 0) is 31.5 Å². The zero-order chi connectivity index (χ0) is 18.4. The Morgan fingerprint density at radius 3 is 2.84 bits per heavy atom. The number of amides is 2. The van der Waals surface area contributed by atoms with Crippen molar-refractivity contribution < 1.29 is 14.3 Å². The number of ether oxygens (including phenoxy) is 1. The van der Waals surface area contributed by atoms with Crippen molar-refractivity contribution in [2.75, 3.05) is 12.4 Å². The Balaban J connectivity index is 2.05. The molecule has 0 aliphatic heterocycles. The van der Waals surface area contributed by atoms with Crippen LogP contribution in [0.25, 0.3) is 0 Å². The molecule has 0 spiro atoms. The van der Waals surface area contributed by atoms with E-state index in [1.165, 1.54) is 19.2 Å². The summed E-state index contributed by atoms with van der Waals surface area (Å²) in [7, 11) is 1.26. The van der Waals surface area contributed by atoms with Gasteiger partial charge in [0.25, 0.3) is 0 Å². The molecule has 2 aromatic rings. The normalized spacial score (nSPS) is 11.7. The topological polar surface area (TPSA) is 98.1 Å². The summed E-state index contributed by atoms with van der Waals surface area (Å²) in [5.41, 5.74) is 0.599. The second kappa shape index (κ2) is 8.48. The second-order valence-electron chi connectivity index (χ2n) is 5.39. The highest BCUT2D eigenvalue weighted by Gasteiger charge is 2.17. The Bertz CT molecular complexity index is 762. The molecule has 25 heavy (non-hydrogen) atoms. The minimum Gasteiger partial charge on any atom is -0.465 e. The SMILES string of the molecule is CCCn1cnnc1[C@@H](C)NC(=O)Nc1ccc(Cl)c(C(=O)OC)c1. The fourth-order valence-electron chi connectivity index (χ4n) is 2.31. The van der Waals surface area contributed by atoms with Gasteiger partial charge in [-0.3, -0.25) is 0 Å². The van der Waals surface area contributed by atoms with Gasteiger partial charge in [-0.25, -0.2) is 9.59 Å². The number of methoxy groups -OCH3 is 1. The monoisotopic (exact) mass is 365 g/mol. The quantitative estimate of drug-likeness (QED) is 0.767. The van der Waals surface area contributed by atoms with E-state index in [2.05, 4.69) is 25.6 Å². The van der Waals surface area contributed by atoms with Crippen LogP contribution in [0.3, 0.4) is 0 Å². The lowest BCUT2D eigenvalue weighted by atomic mass is 10.2. The van der Waals surface area contributed by atoms with Gasteiger partial charge >= 0.3 is 12.0 Å². The number of aryl methyl sites for hydroxylation is 1. The summed E-state index contributed by atoms with van der Waals surface area (Å²) in [5.74, 6) is 0.0958. The van der Waals surface area contributed by atoms with Gasteiger partial charge in [-0.2, -0.15) is 0 Å². The third-order valence-corrected chi connectivity index (χ3v) is 3.80. The number of esters is 1. The number of nitrogens with zero attached hydrogens (tertiary/aromatic N) is 3. The smallest absolute Gasteiger partial charge is 0.339 e. The van der Waals surface area contributed by atoms with Gasteiger partial charge in [-0.1, -0.05) is 18.5 Å². The van der Waals surface area contributed by atoms with Crippen molar-refractivity contribution in [1.29, 1.82) is 0 Å². The molecule has 0 saturated heterocycles. The number of urea groups is 1. The Kier molecular flexibility index (Phi) is 6.35. The molecular formula is C16H20ClN5O3. The van der Waals surface area contributed by atoms with Gasteiger partial charge in [-0.15, -0.1) is 10.2 Å². The molecule has 2 rings (SSSR count). The highest BCUT2D eigenvalue weighted by atomic mass is 35.5. The molecule has 1 aromatic carbocycles. The van der Waals surface area contributed by atoms with E-state index in [1.807, 2.05) is 18.4 Å². The number of aromatic nitrogens is 3. The number of carbonyl (C=O) groups excluding carboxylic acids is 2. The van der Waals surface area contributed by atoms with E-state index in [9.17, 15) is 9.59 Å². The average molecular weight is 366 g/mol. The van der Waals surface area contributed by atoms with Crippen LogP contribution >= 0.6 is 11.6 Å². The molecular weight excluding hydrogens is 346 g/mol. The van der Waals surface area contributed by atoms with Gasteiger partial charge in [0.2, 0.25) is 0 Å². The highest BCUT2D eigenvalue weighted by molar-refractivity contribution is 6.33. The third-order valence-electron chi connectivity index (χ3n) is 3.47. The molecule has 0 bridgehead atoms. The molecule has 0 radical (unpaired) electrons. The first-order valence-electron chi connectivity index (χ1n) is 7.79. The minimum absolute atomic E-state index is 0.178. The van der Waals surface area contributed by atoms with E-state index in [4.69, 9.17) is 11.6 Å². The minimum atomic E-state index is -0.574. The molecule has 8 nitrogen and oxygen atoms in total. The first kappa shape index (κ1) is 18.7. The number of anilines is 1. The van der Waals surface area contributed by atoms with Crippen LogP contribution in [-0.2, 0) is 11.3 Å². The van der Waals surface area contributed by atoms with Crippen molar-refractivity contribution in [2.24, 2.45) is 0 Å². The van der Waals surface area contributed by atoms with Gasteiger partial charge in [0.15, 0.2) is 5.82 Å². The Morgan fingerprint density at radius 1 is 1.40 bits per heavy atom. The van der Waals surface area contributed by atoms with Gasteiger partial charge < -0.3 is 19.9 Å². The number of benzene rings is 1. The Hall–Kier alpha value is -2.61. The average Bonchev–Trinajstić information content (AvgIpc) is 3.04. The zero-order valence-electron chi connectivity index (χ0n) is 14.2. The van der Waals surface area contributed by atoms with Gasteiger partial charge in [0.1, 0.15) is 6.33 Å². The van der Waals surface area contributed by atoms with Crippen molar-refractivity contribution in [2.45, 2.75) is 32.9 Å². The molecule has 2 N–H and O–H groups in total. The fraction of sp³-hybridized carbons (Fsp3) is 0.375. The van der Waals surface area contributed by atoms with E-state index in [-0.39, 0.29) is 16.6 Å². The van der Waals surface area contributed by atoms with E-state index in [0.29, 0.717) is 11.5 Å². The molecule has 0 aliphatic rings. The van der Waals surface area contributed by atoms with Gasteiger partial charge in [0.05, 0.1) is 23.7 Å². The highest BCUT2D eigenvalue weighted by Crippen LogP contribution is 2.21. The molecule has 0 unspecified atom stereocenters. The van der Waals surface area contributed by atoms with Crippen LogP contribution in [0.2, 0.25) is 5.02 Å². The summed E-state index contributed by atoms with van der Waals surface area (Å²) in [5, 5.41) is 13.6. The summed E-state index contributed by atoms with van der Waals surface area (Å²) in [6.45, 7) is 4.64. The Morgan fingerprint density at radius 2 is 2.16 bits per heavy atom. The summed E-state index contributed by atoms with van der Waals surface area (Å²) in [6.07, 6.45) is 2.57. The molecule has 0 fully saturated rings. The summed E-state index contributed by atoms with van der Waals surface area (Å²) in [4.78, 5) is 23.8. The number of hydrogen-bond donors (Lipinski definition) is 2. The lowest BCUT2D eigenvalue weighted by Crippen LogP contribution is -2.32. The standard InChI is InChI=1S/C16H20ClN5O3/c1-4-7-22-9-18-21-14(22)10(2)19-16(24)20-11-5-6-13(17)12(8-11)15(23)25-3/h5-6,8-10H,4,7H2,1-3H3,(H2,19,20,24)/t10-/m1/s1. The summed E-state index contributed by atoms with van der Waals surface area (Å²) < 4.78 is 6.55.